The first-order valence-corrected chi connectivity index (χ1v) is 7.20. The summed E-state index contributed by atoms with van der Waals surface area (Å²) >= 11 is 0. The molecule has 2 aromatic carbocycles. The van der Waals surface area contributed by atoms with E-state index in [1.807, 2.05) is 6.92 Å². The maximum Gasteiger partial charge on any atom is 0.417 e. The normalized spacial score (nSPS) is 12.7. The molecule has 0 aliphatic carbocycles. The van der Waals surface area contributed by atoms with Gasteiger partial charge in [0.25, 0.3) is 0 Å². The minimum absolute atomic E-state index is 0.0313. The van der Waals surface area contributed by atoms with Gasteiger partial charge in [-0.05, 0) is 35.1 Å². The number of rotatable bonds is 3. The van der Waals surface area contributed by atoms with E-state index < -0.39 is 29.0 Å². The molecule has 0 saturated carbocycles. The number of hydrogen-bond acceptors (Lipinski definition) is 0. The Morgan fingerprint density at radius 3 is 2.08 bits per heavy atom. The van der Waals surface area contributed by atoms with Crippen molar-refractivity contribution in [3.8, 4) is 11.1 Å². The van der Waals surface area contributed by atoms with Gasteiger partial charge in [-0.1, -0.05) is 50.2 Å². The van der Waals surface area contributed by atoms with E-state index in [0.717, 1.165) is 17.7 Å². The van der Waals surface area contributed by atoms with Crippen molar-refractivity contribution < 1.29 is 26.3 Å². The molecule has 0 aliphatic heterocycles. The summed E-state index contributed by atoms with van der Waals surface area (Å²) in [6, 6.07) is 8.61. The van der Waals surface area contributed by atoms with Gasteiger partial charge in [0, 0.05) is 0 Å². The van der Waals surface area contributed by atoms with Gasteiger partial charge in [0.05, 0.1) is 11.1 Å². The third-order valence-corrected chi connectivity index (χ3v) is 3.48. The third-order valence-electron chi connectivity index (χ3n) is 3.48. The Balaban J connectivity index is 2.67. The van der Waals surface area contributed by atoms with E-state index in [0.29, 0.717) is 12.5 Å². The van der Waals surface area contributed by atoms with Crippen molar-refractivity contribution in [3.05, 3.63) is 66.1 Å². The highest BCUT2D eigenvalue weighted by atomic mass is 19.4. The van der Waals surface area contributed by atoms with Crippen molar-refractivity contribution in [2.75, 3.05) is 0 Å². The summed E-state index contributed by atoms with van der Waals surface area (Å²) in [6.07, 6.45) is -9.68. The van der Waals surface area contributed by atoms with Gasteiger partial charge in [-0.3, -0.25) is 0 Å². The first-order chi connectivity index (χ1) is 11.0. The summed E-state index contributed by atoms with van der Waals surface area (Å²) in [5.41, 5.74) is -2.98. The van der Waals surface area contributed by atoms with Crippen molar-refractivity contribution >= 4 is 0 Å². The van der Waals surface area contributed by atoms with Gasteiger partial charge in [-0.25, -0.2) is 0 Å². The van der Waals surface area contributed by atoms with Gasteiger partial charge < -0.3 is 0 Å². The Labute approximate surface area is 136 Å². The highest BCUT2D eigenvalue weighted by Crippen LogP contribution is 2.45. The van der Waals surface area contributed by atoms with Crippen LogP contribution in [-0.2, 0) is 18.8 Å². The van der Waals surface area contributed by atoms with Gasteiger partial charge in [0.2, 0.25) is 0 Å². The van der Waals surface area contributed by atoms with E-state index in [2.05, 4.69) is 6.92 Å². The van der Waals surface area contributed by atoms with Crippen LogP contribution < -0.4 is 0 Å². The smallest absolute Gasteiger partial charge is 0.166 e. The lowest BCUT2D eigenvalue weighted by Gasteiger charge is -2.19. The monoisotopic (exact) mass is 345 g/mol. The summed E-state index contributed by atoms with van der Waals surface area (Å²) in [5, 5.41) is 0. The number of alkyl halides is 6. The lowest BCUT2D eigenvalue weighted by atomic mass is 9.92. The maximum atomic E-state index is 13.3. The second-order valence-corrected chi connectivity index (χ2v) is 5.73. The molecule has 1 radical (unpaired) electrons. The molecule has 0 saturated heterocycles. The van der Waals surface area contributed by atoms with Gasteiger partial charge in [0.1, 0.15) is 0 Å². The molecule has 129 valence electrons. The van der Waals surface area contributed by atoms with Crippen LogP contribution in [0.2, 0.25) is 0 Å². The minimum Gasteiger partial charge on any atom is -0.166 e. The highest BCUT2D eigenvalue weighted by Gasteiger charge is 2.44. The molecule has 24 heavy (non-hydrogen) atoms. The van der Waals surface area contributed by atoms with Gasteiger partial charge >= 0.3 is 12.4 Å². The lowest BCUT2D eigenvalue weighted by molar-refractivity contribution is -0.161. The molecule has 0 nitrogen and oxygen atoms in total. The topological polar surface area (TPSA) is 0 Å². The van der Waals surface area contributed by atoms with E-state index in [1.165, 1.54) is 18.2 Å². The average Bonchev–Trinajstić information content (AvgIpc) is 2.44. The Bertz CT molecular complexity index is 710. The molecule has 2 rings (SSSR count). The second kappa shape index (κ2) is 6.49. The highest BCUT2D eigenvalue weighted by molar-refractivity contribution is 5.70. The average molecular weight is 345 g/mol. The largest absolute Gasteiger partial charge is 0.417 e. The van der Waals surface area contributed by atoms with Gasteiger partial charge in [-0.15, -0.1) is 0 Å². The molecular formula is C18H15F6. The summed E-state index contributed by atoms with van der Waals surface area (Å²) in [4.78, 5) is 0. The van der Waals surface area contributed by atoms with Crippen molar-refractivity contribution in [2.24, 2.45) is 5.92 Å². The van der Waals surface area contributed by atoms with Crippen LogP contribution in [0, 0.1) is 12.8 Å². The molecule has 0 bridgehead atoms. The maximum absolute atomic E-state index is 13.3. The Morgan fingerprint density at radius 1 is 0.917 bits per heavy atom. The van der Waals surface area contributed by atoms with E-state index in [1.54, 1.807) is 6.07 Å². The molecule has 0 amide bonds. The molecule has 0 spiro atoms. The van der Waals surface area contributed by atoms with E-state index in [4.69, 9.17) is 0 Å². The first kappa shape index (κ1) is 18.4. The third kappa shape index (κ3) is 4.10. The molecule has 0 N–H and O–H groups in total. The summed E-state index contributed by atoms with van der Waals surface area (Å²) in [5.74, 6) is 0.0313. The molecule has 1 atom stereocenters. The Morgan fingerprint density at radius 2 is 1.54 bits per heavy atom. The van der Waals surface area contributed by atoms with E-state index in [9.17, 15) is 26.3 Å². The van der Waals surface area contributed by atoms with Crippen LogP contribution in [0.4, 0.5) is 26.3 Å². The fourth-order valence-electron chi connectivity index (χ4n) is 2.60. The molecule has 2 aromatic rings. The van der Waals surface area contributed by atoms with Crippen molar-refractivity contribution in [1.82, 2.24) is 0 Å². The van der Waals surface area contributed by atoms with E-state index in [-0.39, 0.29) is 11.5 Å². The second-order valence-electron chi connectivity index (χ2n) is 5.73. The first-order valence-electron chi connectivity index (χ1n) is 7.20. The minimum atomic E-state index is -5.11. The summed E-state index contributed by atoms with van der Waals surface area (Å²) < 4.78 is 79.0. The fourth-order valence-corrected chi connectivity index (χ4v) is 2.60. The molecule has 6 heteroatoms. The number of halogens is 6. The Kier molecular flexibility index (Phi) is 4.97. The van der Waals surface area contributed by atoms with Crippen molar-refractivity contribution in [1.29, 1.82) is 0 Å². The molecule has 0 fully saturated rings. The molecule has 1 unspecified atom stereocenters. The van der Waals surface area contributed by atoms with Gasteiger partial charge in [0.15, 0.2) is 0 Å². The Hall–Kier alpha value is -1.98. The van der Waals surface area contributed by atoms with Crippen LogP contribution in [0.5, 0.6) is 0 Å². The van der Waals surface area contributed by atoms with Crippen LogP contribution in [0.25, 0.3) is 11.1 Å². The van der Waals surface area contributed by atoms with Crippen LogP contribution in [0.3, 0.4) is 0 Å². The van der Waals surface area contributed by atoms with Gasteiger partial charge in [-0.2, -0.15) is 26.3 Å². The van der Waals surface area contributed by atoms with Crippen LogP contribution in [0.1, 0.15) is 23.6 Å². The SMILES string of the molecule is [CH2]C(C)Cc1cccc(-c2cccc(C(F)(F)F)c2C(F)(F)F)c1. The number of benzene rings is 2. The standard InChI is InChI=1S/C18H15F6/c1-11(2)9-12-5-3-6-13(10-12)14-7-4-8-15(17(19,20)21)16(14)18(22,23)24/h3-8,10-11H,1,9H2,2H3. The van der Waals surface area contributed by atoms with Crippen LogP contribution >= 0.6 is 0 Å². The predicted molar refractivity (Wildman–Crippen MR) is 80.1 cm³/mol. The summed E-state index contributed by atoms with van der Waals surface area (Å²) in [6.45, 7) is 5.66. The fraction of sp³-hybridized carbons (Fsp3) is 0.278. The molecule has 0 aliphatic rings. The number of hydrogen-bond donors (Lipinski definition) is 0. The van der Waals surface area contributed by atoms with Crippen molar-refractivity contribution in [2.45, 2.75) is 25.7 Å². The zero-order valence-corrected chi connectivity index (χ0v) is 12.8. The zero-order valence-electron chi connectivity index (χ0n) is 12.8. The van der Waals surface area contributed by atoms with Crippen molar-refractivity contribution in [3.63, 3.8) is 0 Å². The van der Waals surface area contributed by atoms with E-state index >= 15 is 0 Å². The quantitative estimate of drug-likeness (QED) is 0.564. The summed E-state index contributed by atoms with van der Waals surface area (Å²) in [7, 11) is 0. The molecule has 0 heterocycles. The zero-order chi connectivity index (χ0) is 18.1. The molecule has 0 aromatic heterocycles. The molecular weight excluding hydrogens is 330 g/mol. The van der Waals surface area contributed by atoms with Crippen LogP contribution in [-0.4, -0.2) is 0 Å². The predicted octanol–water partition coefficient (Wildman–Crippen LogP) is 6.40. The lowest BCUT2D eigenvalue weighted by Crippen LogP contribution is -2.17. The van der Waals surface area contributed by atoms with Crippen LogP contribution in [0.15, 0.2) is 42.5 Å².